The fraction of sp³-hybridized carbons (Fsp3) is 0.400. The van der Waals surface area contributed by atoms with Crippen molar-refractivity contribution in [1.82, 2.24) is 14.5 Å². The molecule has 3 aromatic rings. The molecule has 9 heteroatoms. The predicted molar refractivity (Wildman–Crippen MR) is 106 cm³/mol. The molecule has 154 valence electrons. The van der Waals surface area contributed by atoms with Gasteiger partial charge in [0.05, 0.1) is 25.6 Å². The van der Waals surface area contributed by atoms with E-state index in [0.29, 0.717) is 16.9 Å². The zero-order chi connectivity index (χ0) is 20.8. The average Bonchev–Trinajstić information content (AvgIpc) is 3.19. The van der Waals surface area contributed by atoms with Crippen LogP contribution in [-0.2, 0) is 11.3 Å². The molecule has 0 radical (unpaired) electrons. The van der Waals surface area contributed by atoms with Crippen molar-refractivity contribution in [3.63, 3.8) is 0 Å². The van der Waals surface area contributed by atoms with Crippen molar-refractivity contribution in [2.45, 2.75) is 37.4 Å². The van der Waals surface area contributed by atoms with Crippen LogP contribution in [0.5, 0.6) is 5.75 Å². The number of nitrogen functional groups attached to an aromatic ring is 1. The van der Waals surface area contributed by atoms with E-state index < -0.39 is 23.9 Å². The summed E-state index contributed by atoms with van der Waals surface area (Å²) in [5.74, 6) is 1.08. The van der Waals surface area contributed by atoms with Gasteiger partial charge in [-0.1, -0.05) is 12.1 Å². The monoisotopic (exact) mass is 400 g/mol. The van der Waals surface area contributed by atoms with Crippen molar-refractivity contribution in [2.75, 3.05) is 19.5 Å². The largest absolute Gasteiger partial charge is 0.497 e. The van der Waals surface area contributed by atoms with E-state index in [9.17, 15) is 15.3 Å². The second-order valence-corrected chi connectivity index (χ2v) is 7.40. The van der Waals surface area contributed by atoms with E-state index in [2.05, 4.69) is 9.97 Å². The van der Waals surface area contributed by atoms with Gasteiger partial charge in [-0.05, 0) is 24.6 Å². The number of nitrogens with zero attached hydrogens (tertiary/aromatic N) is 3. The first-order chi connectivity index (χ1) is 13.9. The molecule has 0 aliphatic carbocycles. The van der Waals surface area contributed by atoms with E-state index in [1.165, 1.54) is 13.3 Å². The lowest BCUT2D eigenvalue weighted by molar-refractivity contribution is -0.0677. The first kappa shape index (κ1) is 19.6. The molecule has 9 nitrogen and oxygen atoms in total. The van der Waals surface area contributed by atoms with E-state index in [4.69, 9.17) is 15.2 Å². The number of ether oxygens (including phenoxy) is 2. The highest BCUT2D eigenvalue weighted by molar-refractivity contribution is 6.00. The van der Waals surface area contributed by atoms with E-state index in [-0.39, 0.29) is 13.2 Å². The molecule has 29 heavy (non-hydrogen) atoms. The van der Waals surface area contributed by atoms with Gasteiger partial charge in [0.2, 0.25) is 0 Å². The highest BCUT2D eigenvalue weighted by Gasteiger charge is 2.51. The molecule has 5 N–H and O–H groups in total. The van der Waals surface area contributed by atoms with Crippen molar-refractivity contribution in [3.8, 4) is 16.9 Å². The molecule has 4 atom stereocenters. The van der Waals surface area contributed by atoms with Crippen molar-refractivity contribution in [3.05, 3.63) is 36.8 Å². The van der Waals surface area contributed by atoms with Crippen LogP contribution in [0.15, 0.2) is 36.8 Å². The summed E-state index contributed by atoms with van der Waals surface area (Å²) in [6.45, 7) is 1.33. The van der Waals surface area contributed by atoms with Crippen LogP contribution >= 0.6 is 0 Å². The summed E-state index contributed by atoms with van der Waals surface area (Å²) in [4.78, 5) is 8.48. The summed E-state index contributed by atoms with van der Waals surface area (Å²) in [6, 6.07) is 7.54. The van der Waals surface area contributed by atoms with Crippen LogP contribution in [0, 0.1) is 0 Å². The van der Waals surface area contributed by atoms with Crippen LogP contribution < -0.4 is 10.5 Å². The summed E-state index contributed by atoms with van der Waals surface area (Å²) in [5, 5.41) is 31.1. The zero-order valence-corrected chi connectivity index (χ0v) is 16.2. The Kier molecular flexibility index (Phi) is 4.91. The Morgan fingerprint density at radius 1 is 1.28 bits per heavy atom. The van der Waals surface area contributed by atoms with Crippen LogP contribution in [0.3, 0.4) is 0 Å². The van der Waals surface area contributed by atoms with Gasteiger partial charge in [0, 0.05) is 11.8 Å². The number of hydrogen-bond acceptors (Lipinski definition) is 8. The quantitative estimate of drug-likeness (QED) is 0.488. The topological polar surface area (TPSA) is 136 Å². The number of aromatic nitrogens is 3. The molecule has 1 aromatic carbocycles. The number of fused-ring (bicyclic) bond motifs is 1. The van der Waals surface area contributed by atoms with E-state index >= 15 is 0 Å². The highest BCUT2D eigenvalue weighted by Crippen LogP contribution is 2.36. The standard InChI is InChI=1S/C20H24N4O5/c1-20(27)15(29-14(9-25)17(20)26)8-24-7-13(11-3-5-12(28-2)6-4-11)16-18(21)22-10-23-19(16)24/h3-7,10,14-15,17,25-27H,8-9H2,1-2H3,(H2,21,22,23)/t14-,15+,17?,20+/m1/s1. The maximum atomic E-state index is 10.7. The number of aliphatic hydroxyl groups excluding tert-OH is 2. The summed E-state index contributed by atoms with van der Waals surface area (Å²) in [5.41, 5.74) is 6.95. The maximum Gasteiger partial charge on any atom is 0.146 e. The normalized spacial score (nSPS) is 26.9. The molecule has 0 amide bonds. The van der Waals surface area contributed by atoms with Gasteiger partial charge in [-0.15, -0.1) is 0 Å². The number of methoxy groups -OCH3 is 1. The molecule has 1 saturated heterocycles. The number of rotatable bonds is 5. The van der Waals surface area contributed by atoms with Gasteiger partial charge in [-0.3, -0.25) is 0 Å². The van der Waals surface area contributed by atoms with Crippen molar-refractivity contribution in [2.24, 2.45) is 0 Å². The van der Waals surface area contributed by atoms with Crippen LogP contribution in [0.4, 0.5) is 5.82 Å². The average molecular weight is 400 g/mol. The summed E-state index contributed by atoms with van der Waals surface area (Å²) in [6.07, 6.45) is 0.462. The molecular weight excluding hydrogens is 376 g/mol. The minimum absolute atomic E-state index is 0.212. The molecule has 0 bridgehead atoms. The molecule has 4 rings (SSSR count). The van der Waals surface area contributed by atoms with Gasteiger partial charge in [-0.2, -0.15) is 0 Å². The van der Waals surface area contributed by atoms with Gasteiger partial charge in [-0.25, -0.2) is 9.97 Å². The second-order valence-electron chi connectivity index (χ2n) is 7.40. The molecule has 0 saturated carbocycles. The Labute approximate surface area is 167 Å². The van der Waals surface area contributed by atoms with Crippen LogP contribution in [0.2, 0.25) is 0 Å². The van der Waals surface area contributed by atoms with Crippen molar-refractivity contribution in [1.29, 1.82) is 0 Å². The Morgan fingerprint density at radius 2 is 2.00 bits per heavy atom. The first-order valence-corrected chi connectivity index (χ1v) is 9.27. The lowest BCUT2D eigenvalue weighted by Gasteiger charge is -2.26. The second kappa shape index (κ2) is 7.27. The third-order valence-corrected chi connectivity index (χ3v) is 5.57. The van der Waals surface area contributed by atoms with Crippen LogP contribution in [-0.4, -0.2) is 67.5 Å². The van der Waals surface area contributed by atoms with E-state index in [0.717, 1.165) is 16.9 Å². The Bertz CT molecular complexity index is 1020. The fourth-order valence-electron chi connectivity index (χ4n) is 3.82. The molecule has 0 spiro atoms. The summed E-state index contributed by atoms with van der Waals surface area (Å²) < 4.78 is 12.7. The lowest BCUT2D eigenvalue weighted by atomic mass is 9.93. The lowest BCUT2D eigenvalue weighted by Crippen LogP contribution is -2.47. The Hall–Kier alpha value is -2.72. The Morgan fingerprint density at radius 3 is 2.62 bits per heavy atom. The van der Waals surface area contributed by atoms with Crippen LogP contribution in [0.1, 0.15) is 6.92 Å². The van der Waals surface area contributed by atoms with Gasteiger partial charge < -0.3 is 35.1 Å². The predicted octanol–water partition coefficient (Wildman–Crippen LogP) is 0.561. The van der Waals surface area contributed by atoms with Crippen molar-refractivity contribution >= 4 is 16.9 Å². The van der Waals surface area contributed by atoms with Crippen molar-refractivity contribution < 1.29 is 24.8 Å². The fourth-order valence-corrected chi connectivity index (χ4v) is 3.82. The summed E-state index contributed by atoms with van der Waals surface area (Å²) >= 11 is 0. The first-order valence-electron chi connectivity index (χ1n) is 9.27. The summed E-state index contributed by atoms with van der Waals surface area (Å²) in [7, 11) is 1.61. The van der Waals surface area contributed by atoms with E-state index in [1.54, 1.807) is 7.11 Å². The van der Waals surface area contributed by atoms with E-state index in [1.807, 2.05) is 35.0 Å². The van der Waals surface area contributed by atoms with Gasteiger partial charge in [0.25, 0.3) is 0 Å². The third-order valence-electron chi connectivity index (χ3n) is 5.57. The molecule has 1 aliphatic heterocycles. The zero-order valence-electron chi connectivity index (χ0n) is 16.2. The smallest absolute Gasteiger partial charge is 0.146 e. The highest BCUT2D eigenvalue weighted by atomic mass is 16.6. The van der Waals surface area contributed by atoms with Gasteiger partial charge in [0.1, 0.15) is 47.5 Å². The minimum Gasteiger partial charge on any atom is -0.497 e. The van der Waals surface area contributed by atoms with Gasteiger partial charge >= 0.3 is 0 Å². The van der Waals surface area contributed by atoms with Crippen LogP contribution in [0.25, 0.3) is 22.2 Å². The number of benzene rings is 1. The maximum absolute atomic E-state index is 10.7. The SMILES string of the molecule is COc1ccc(-c2cn(C[C@@H]3O[C@H](CO)C(O)[C@@]3(C)O)c3ncnc(N)c23)cc1. The molecular formula is C20H24N4O5. The third kappa shape index (κ3) is 3.22. The number of hydrogen-bond donors (Lipinski definition) is 4. The number of aliphatic hydroxyl groups is 3. The number of anilines is 1. The molecule has 3 heterocycles. The number of nitrogens with two attached hydrogens (primary N) is 1. The van der Waals surface area contributed by atoms with Gasteiger partial charge in [0.15, 0.2) is 0 Å². The minimum atomic E-state index is -1.52. The molecule has 1 aliphatic rings. The molecule has 2 aromatic heterocycles. The molecule has 1 unspecified atom stereocenters. The Balaban J connectivity index is 1.77. The molecule has 1 fully saturated rings.